The maximum atomic E-state index is 13.3. The van der Waals surface area contributed by atoms with E-state index in [1.54, 1.807) is 0 Å². The molecule has 1 aliphatic rings. The molecule has 2 rings (SSSR count). The molecular formula is C19H21ClFN3O7. The molecule has 31 heavy (non-hydrogen) atoms. The molecule has 0 bridgehead atoms. The third kappa shape index (κ3) is 6.48. The van der Waals surface area contributed by atoms with Crippen LogP contribution in [0.4, 0.5) is 4.39 Å². The Labute approximate surface area is 180 Å². The minimum atomic E-state index is -1.45. The first-order valence-electron chi connectivity index (χ1n) is 9.14. The molecule has 1 aromatic rings. The van der Waals surface area contributed by atoms with Crippen LogP contribution < -0.4 is 16.4 Å². The lowest BCUT2D eigenvalue weighted by molar-refractivity contribution is -0.137. The highest BCUT2D eigenvalue weighted by Crippen LogP contribution is 2.21. The zero-order valence-corrected chi connectivity index (χ0v) is 16.8. The van der Waals surface area contributed by atoms with Gasteiger partial charge in [0.2, 0.25) is 11.8 Å². The van der Waals surface area contributed by atoms with Gasteiger partial charge in [0.15, 0.2) is 0 Å². The fourth-order valence-corrected chi connectivity index (χ4v) is 3.12. The number of carbonyl (C=O) groups is 4. The molecule has 0 heterocycles. The highest BCUT2D eigenvalue weighted by atomic mass is 35.5. The normalized spacial score (nSPS) is 21.5. The van der Waals surface area contributed by atoms with Crippen LogP contribution in [0.2, 0.25) is 5.02 Å². The first-order chi connectivity index (χ1) is 14.5. The van der Waals surface area contributed by atoms with E-state index in [2.05, 4.69) is 10.6 Å². The van der Waals surface area contributed by atoms with Crippen LogP contribution >= 0.6 is 11.6 Å². The Morgan fingerprint density at radius 1 is 1.23 bits per heavy atom. The Bertz CT molecular complexity index is 924. The lowest BCUT2D eigenvalue weighted by Crippen LogP contribution is -2.52. The second kappa shape index (κ2) is 10.3. The highest BCUT2D eigenvalue weighted by Gasteiger charge is 2.34. The van der Waals surface area contributed by atoms with Crippen LogP contribution in [-0.2, 0) is 14.4 Å². The van der Waals surface area contributed by atoms with Crippen LogP contribution in [0.1, 0.15) is 29.6 Å². The van der Waals surface area contributed by atoms with Gasteiger partial charge in [0.05, 0.1) is 17.2 Å². The largest absolute Gasteiger partial charge is 0.481 e. The minimum absolute atomic E-state index is 0.0134. The van der Waals surface area contributed by atoms with E-state index in [1.165, 1.54) is 12.1 Å². The maximum absolute atomic E-state index is 13.3. The minimum Gasteiger partial charge on any atom is -0.481 e. The van der Waals surface area contributed by atoms with Crippen LogP contribution in [-0.4, -0.2) is 63.3 Å². The number of aliphatic hydroxyl groups is 2. The van der Waals surface area contributed by atoms with Crippen molar-refractivity contribution in [2.45, 2.75) is 43.6 Å². The van der Waals surface area contributed by atoms with Crippen molar-refractivity contribution < 1.29 is 38.9 Å². The predicted octanol–water partition coefficient (Wildman–Crippen LogP) is -0.536. The maximum Gasteiger partial charge on any atom is 0.303 e. The smallest absolute Gasteiger partial charge is 0.303 e. The van der Waals surface area contributed by atoms with Crippen LogP contribution in [0.3, 0.4) is 0 Å². The van der Waals surface area contributed by atoms with Gasteiger partial charge in [-0.3, -0.25) is 19.2 Å². The molecule has 0 radical (unpaired) electrons. The second-order valence-electron chi connectivity index (χ2n) is 6.94. The summed E-state index contributed by atoms with van der Waals surface area (Å²) in [6.45, 7) is 0. The monoisotopic (exact) mass is 457 g/mol. The number of rotatable bonds is 8. The number of amides is 3. The first-order valence-corrected chi connectivity index (χ1v) is 9.52. The molecule has 12 heteroatoms. The number of nitrogens with one attached hydrogen (secondary N) is 2. The molecule has 3 amide bonds. The number of carbonyl (C=O) groups excluding carboxylic acids is 3. The van der Waals surface area contributed by atoms with Gasteiger partial charge >= 0.3 is 5.97 Å². The van der Waals surface area contributed by atoms with Crippen molar-refractivity contribution in [3.05, 3.63) is 46.3 Å². The Morgan fingerprint density at radius 2 is 1.90 bits per heavy atom. The standard InChI is InChI=1S/C19H21ClFN3O7/c20-10-5-8(1-2-11(10)21)18(30)24-13-6-9(7-14(25)16(13)28)19(31)23-12(17(22)29)3-4-15(26)27/h1-2,5-6,12-14,16,25,28H,3-4,7H2,(H2,22,29)(H,23,31)(H,24,30)(H,26,27). The van der Waals surface area contributed by atoms with Crippen LogP contribution in [0.15, 0.2) is 29.8 Å². The molecule has 0 fully saturated rings. The molecule has 0 saturated heterocycles. The summed E-state index contributed by atoms with van der Waals surface area (Å²) in [5, 5.41) is 33.4. The van der Waals surface area contributed by atoms with E-state index < -0.39 is 60.2 Å². The first kappa shape index (κ1) is 24.3. The van der Waals surface area contributed by atoms with Gasteiger partial charge in [-0.2, -0.15) is 0 Å². The van der Waals surface area contributed by atoms with Crippen molar-refractivity contribution in [3.8, 4) is 0 Å². The number of aliphatic carboxylic acids is 1. The molecule has 1 aliphatic carbocycles. The molecule has 0 aliphatic heterocycles. The molecule has 4 atom stereocenters. The van der Waals surface area contributed by atoms with Crippen molar-refractivity contribution in [1.82, 2.24) is 10.6 Å². The summed E-state index contributed by atoms with van der Waals surface area (Å²) in [4.78, 5) is 47.0. The molecule has 10 nitrogen and oxygen atoms in total. The number of carboxylic acid groups (broad SMARTS) is 1. The van der Waals surface area contributed by atoms with E-state index in [-0.39, 0.29) is 29.0 Å². The SMILES string of the molecule is NC(=O)C(CCC(=O)O)NC(=O)C1=CC(NC(=O)c2ccc(F)c(Cl)c2)C(O)C(O)C1. The third-order valence-electron chi connectivity index (χ3n) is 4.64. The summed E-state index contributed by atoms with van der Waals surface area (Å²) in [6.07, 6.45) is -2.60. The fraction of sp³-hybridized carbons (Fsp3) is 0.368. The van der Waals surface area contributed by atoms with Crippen LogP contribution in [0.5, 0.6) is 0 Å². The summed E-state index contributed by atoms with van der Waals surface area (Å²) >= 11 is 5.65. The number of carboxylic acids is 1. The quantitative estimate of drug-likeness (QED) is 0.303. The number of primary amides is 1. The Balaban J connectivity index is 2.16. The molecule has 0 aromatic heterocycles. The van der Waals surface area contributed by atoms with E-state index in [9.17, 15) is 33.8 Å². The summed E-state index contributed by atoms with van der Waals surface area (Å²) in [5.41, 5.74) is 5.11. The van der Waals surface area contributed by atoms with Crippen molar-refractivity contribution in [1.29, 1.82) is 0 Å². The highest BCUT2D eigenvalue weighted by molar-refractivity contribution is 6.31. The number of nitrogens with two attached hydrogens (primary N) is 1. The zero-order chi connectivity index (χ0) is 23.3. The molecule has 0 saturated carbocycles. The fourth-order valence-electron chi connectivity index (χ4n) is 2.94. The zero-order valence-electron chi connectivity index (χ0n) is 16.0. The summed E-state index contributed by atoms with van der Waals surface area (Å²) in [6, 6.07) is 0.781. The van der Waals surface area contributed by atoms with Crippen LogP contribution in [0, 0.1) is 5.82 Å². The van der Waals surface area contributed by atoms with Crippen LogP contribution in [0.25, 0.3) is 0 Å². The third-order valence-corrected chi connectivity index (χ3v) is 4.93. The Kier molecular flexibility index (Phi) is 8.08. The second-order valence-corrected chi connectivity index (χ2v) is 7.35. The number of halogens is 2. The van der Waals surface area contributed by atoms with Crippen molar-refractivity contribution in [3.63, 3.8) is 0 Å². The van der Waals surface area contributed by atoms with Gasteiger partial charge < -0.3 is 31.7 Å². The van der Waals surface area contributed by atoms with Gasteiger partial charge in [0, 0.05) is 24.0 Å². The number of hydrogen-bond acceptors (Lipinski definition) is 6. The number of aliphatic hydroxyl groups excluding tert-OH is 2. The van der Waals surface area contributed by atoms with Gasteiger partial charge in [-0.25, -0.2) is 4.39 Å². The van der Waals surface area contributed by atoms with E-state index in [4.69, 9.17) is 22.4 Å². The van der Waals surface area contributed by atoms with E-state index in [0.29, 0.717) is 0 Å². The molecule has 4 unspecified atom stereocenters. The van der Waals surface area contributed by atoms with E-state index in [1.807, 2.05) is 0 Å². The molecule has 0 spiro atoms. The van der Waals surface area contributed by atoms with Gasteiger partial charge in [0.25, 0.3) is 5.91 Å². The van der Waals surface area contributed by atoms with Gasteiger partial charge in [0.1, 0.15) is 18.0 Å². The average molecular weight is 458 g/mol. The number of hydrogen-bond donors (Lipinski definition) is 6. The summed E-state index contributed by atoms with van der Waals surface area (Å²) in [7, 11) is 0. The lowest BCUT2D eigenvalue weighted by atomic mass is 9.89. The molecular weight excluding hydrogens is 437 g/mol. The van der Waals surface area contributed by atoms with Gasteiger partial charge in [-0.1, -0.05) is 17.7 Å². The van der Waals surface area contributed by atoms with Crippen molar-refractivity contribution in [2.24, 2.45) is 5.73 Å². The predicted molar refractivity (Wildman–Crippen MR) is 105 cm³/mol. The summed E-state index contributed by atoms with van der Waals surface area (Å²) < 4.78 is 13.3. The summed E-state index contributed by atoms with van der Waals surface area (Å²) in [5.74, 6) is -4.40. The van der Waals surface area contributed by atoms with E-state index >= 15 is 0 Å². The van der Waals surface area contributed by atoms with Crippen molar-refractivity contribution in [2.75, 3.05) is 0 Å². The average Bonchev–Trinajstić information content (AvgIpc) is 2.69. The Morgan fingerprint density at radius 3 is 2.48 bits per heavy atom. The molecule has 168 valence electrons. The molecule has 7 N–H and O–H groups in total. The lowest BCUT2D eigenvalue weighted by Gasteiger charge is -2.31. The Hall–Kier alpha value is -3.02. The van der Waals surface area contributed by atoms with Crippen molar-refractivity contribution >= 4 is 35.3 Å². The van der Waals surface area contributed by atoms with Gasteiger partial charge in [-0.15, -0.1) is 0 Å². The molecule has 1 aromatic carbocycles. The van der Waals surface area contributed by atoms with Gasteiger partial charge in [-0.05, 0) is 24.6 Å². The topological polar surface area (TPSA) is 179 Å². The number of benzene rings is 1. The van der Waals surface area contributed by atoms with E-state index in [0.717, 1.165) is 12.1 Å².